The molecular weight excluding hydrogens is 965 g/mol. The molecule has 0 saturated carbocycles. The van der Waals surface area contributed by atoms with E-state index in [2.05, 4.69) is 20.9 Å². The molecule has 3 atom stereocenters. The second-order valence-corrected chi connectivity index (χ2v) is 18.0. The van der Waals surface area contributed by atoms with Gasteiger partial charge in [-0.3, -0.25) is 34.1 Å². The number of benzene rings is 5. The lowest BCUT2D eigenvalue weighted by molar-refractivity contribution is -0.138. The smallest absolute Gasteiger partial charge is 0.338 e. The number of esters is 1. The molecule has 1 saturated heterocycles. The van der Waals surface area contributed by atoms with Gasteiger partial charge in [-0.25, -0.2) is 9.79 Å². The Kier molecular flexibility index (Phi) is 17.1. The Balaban J connectivity index is 0.604. The van der Waals surface area contributed by atoms with E-state index in [0.29, 0.717) is 48.1 Å². The van der Waals surface area contributed by atoms with Crippen molar-refractivity contribution in [1.29, 1.82) is 0 Å². The van der Waals surface area contributed by atoms with Crippen LogP contribution in [-0.4, -0.2) is 135 Å². The molecule has 5 aromatic rings. The molecule has 6 amide bonds. The number of aliphatic imine (C=N–C) groups is 1. The standard InChI is InChI=1S/C56H56N6O13/c63-47-22-21-46(52(66)59-47)62-32-44-43(54(62)67)11-6-12-45(44)58-49(65)35-73-28-26-71-29-30-74-56(69)40-19-17-38(18-20-40)37-15-13-36(14-16-37)34-72-27-25-70-24-23-57-48(64)33-61-31-41-9-4-5-10-42(41)51-50(55(61)68)60-53(75-51)39-7-2-1-3-8-39/h1-20,46,50-51H,21-35H2,(H,57,64)(H,58,65)(H,59,63,66)/t46?,50-,51-/m0/s1. The Labute approximate surface area is 432 Å². The van der Waals surface area contributed by atoms with Gasteiger partial charge < -0.3 is 48.9 Å². The van der Waals surface area contributed by atoms with Crippen molar-refractivity contribution in [3.8, 4) is 11.1 Å². The van der Waals surface area contributed by atoms with Gasteiger partial charge in [-0.05, 0) is 65.1 Å². The van der Waals surface area contributed by atoms with Crippen molar-refractivity contribution < 1.29 is 62.0 Å². The molecule has 19 heteroatoms. The number of ether oxygens (including phenoxy) is 6. The summed E-state index contributed by atoms with van der Waals surface area (Å²) in [6, 6.07) is 35.6. The molecule has 75 heavy (non-hydrogen) atoms. The number of carbonyl (C=O) groups is 7. The summed E-state index contributed by atoms with van der Waals surface area (Å²) >= 11 is 0. The Morgan fingerprint density at radius 1 is 0.693 bits per heavy atom. The van der Waals surface area contributed by atoms with Crippen LogP contribution in [0.25, 0.3) is 11.1 Å². The van der Waals surface area contributed by atoms with E-state index in [1.807, 2.05) is 91.0 Å². The second kappa shape index (κ2) is 24.8. The summed E-state index contributed by atoms with van der Waals surface area (Å²) in [7, 11) is 0. The van der Waals surface area contributed by atoms with Crippen LogP contribution in [0.5, 0.6) is 0 Å². The first-order valence-corrected chi connectivity index (χ1v) is 24.8. The highest BCUT2D eigenvalue weighted by atomic mass is 16.6. The molecule has 1 unspecified atom stereocenters. The Bertz CT molecular complexity index is 2930. The van der Waals surface area contributed by atoms with Gasteiger partial charge in [0.2, 0.25) is 29.5 Å². The first-order chi connectivity index (χ1) is 36.6. The number of anilines is 1. The van der Waals surface area contributed by atoms with Crippen LogP contribution < -0.4 is 16.0 Å². The van der Waals surface area contributed by atoms with Crippen LogP contribution in [0.15, 0.2) is 126 Å². The molecule has 388 valence electrons. The number of nitrogens with zero attached hydrogens (tertiary/aromatic N) is 3. The molecule has 3 N–H and O–H groups in total. The molecular formula is C56H56N6O13. The van der Waals surface area contributed by atoms with Crippen molar-refractivity contribution in [2.45, 2.75) is 50.7 Å². The average Bonchev–Trinajstić information content (AvgIpc) is 4.00. The van der Waals surface area contributed by atoms with Crippen LogP contribution in [0.2, 0.25) is 0 Å². The average molecular weight is 1020 g/mol. The molecule has 0 aliphatic carbocycles. The normalized spacial score (nSPS) is 17.8. The fraction of sp³-hybridized carbons (Fsp3) is 0.321. The van der Waals surface area contributed by atoms with Crippen molar-refractivity contribution in [2.75, 3.05) is 71.3 Å². The number of piperidine rings is 1. The van der Waals surface area contributed by atoms with Crippen LogP contribution in [0.1, 0.15) is 67.5 Å². The predicted octanol–water partition coefficient (Wildman–Crippen LogP) is 4.52. The minimum Gasteiger partial charge on any atom is -0.466 e. The van der Waals surface area contributed by atoms with E-state index in [4.69, 9.17) is 28.4 Å². The van der Waals surface area contributed by atoms with Crippen LogP contribution in [-0.2, 0) is 72.1 Å². The van der Waals surface area contributed by atoms with Crippen molar-refractivity contribution in [3.63, 3.8) is 0 Å². The highest BCUT2D eigenvalue weighted by Gasteiger charge is 2.44. The molecule has 4 heterocycles. The third-order valence-corrected chi connectivity index (χ3v) is 13.0. The van der Waals surface area contributed by atoms with Crippen LogP contribution in [0.4, 0.5) is 5.69 Å². The Morgan fingerprint density at radius 2 is 1.40 bits per heavy atom. The minimum atomic E-state index is -0.789. The lowest BCUT2D eigenvalue weighted by Crippen LogP contribution is -2.52. The molecule has 1 fully saturated rings. The molecule has 0 bridgehead atoms. The summed E-state index contributed by atoms with van der Waals surface area (Å²) < 4.78 is 34.0. The van der Waals surface area contributed by atoms with Gasteiger partial charge in [0.1, 0.15) is 19.3 Å². The number of hydrogen-bond donors (Lipinski definition) is 3. The summed E-state index contributed by atoms with van der Waals surface area (Å²) in [6.07, 6.45) is -0.181. The number of carbonyl (C=O) groups excluding carboxylic acids is 7. The Morgan fingerprint density at radius 3 is 2.19 bits per heavy atom. The lowest BCUT2D eigenvalue weighted by Gasteiger charge is -2.29. The molecule has 4 aliphatic heterocycles. The largest absolute Gasteiger partial charge is 0.466 e. The molecule has 9 rings (SSSR count). The van der Waals surface area contributed by atoms with Crippen LogP contribution in [0.3, 0.4) is 0 Å². The first kappa shape index (κ1) is 51.8. The van der Waals surface area contributed by atoms with E-state index >= 15 is 0 Å². The van der Waals surface area contributed by atoms with Gasteiger partial charge >= 0.3 is 5.97 Å². The van der Waals surface area contributed by atoms with Gasteiger partial charge in [-0.1, -0.05) is 84.9 Å². The zero-order valence-corrected chi connectivity index (χ0v) is 41.0. The predicted molar refractivity (Wildman–Crippen MR) is 271 cm³/mol. The molecule has 0 aromatic heterocycles. The number of nitrogens with one attached hydrogen (secondary N) is 3. The van der Waals surface area contributed by atoms with Crippen molar-refractivity contribution in [2.24, 2.45) is 4.99 Å². The van der Waals surface area contributed by atoms with E-state index in [-0.39, 0.29) is 102 Å². The third kappa shape index (κ3) is 13.0. The number of fused-ring (bicyclic) bond motifs is 4. The first-order valence-electron chi connectivity index (χ1n) is 24.8. The summed E-state index contributed by atoms with van der Waals surface area (Å²) in [4.78, 5) is 96.7. The van der Waals surface area contributed by atoms with Crippen LogP contribution in [0, 0.1) is 0 Å². The van der Waals surface area contributed by atoms with Crippen molar-refractivity contribution >= 4 is 53.0 Å². The van der Waals surface area contributed by atoms with Crippen LogP contribution >= 0.6 is 0 Å². The maximum Gasteiger partial charge on any atom is 0.338 e. The van der Waals surface area contributed by atoms with E-state index in [0.717, 1.165) is 33.4 Å². The molecule has 5 aromatic carbocycles. The molecule has 0 spiro atoms. The number of hydrogen-bond acceptors (Lipinski definition) is 14. The van der Waals surface area contributed by atoms with Crippen molar-refractivity contribution in [3.05, 3.63) is 160 Å². The van der Waals surface area contributed by atoms with Gasteiger partial charge in [0.05, 0.1) is 58.4 Å². The second-order valence-electron chi connectivity index (χ2n) is 18.0. The fourth-order valence-electron chi connectivity index (χ4n) is 9.16. The van der Waals surface area contributed by atoms with E-state index in [1.165, 1.54) is 9.80 Å². The van der Waals surface area contributed by atoms with Gasteiger partial charge in [-0.15, -0.1) is 0 Å². The number of rotatable bonds is 23. The maximum atomic E-state index is 13.7. The summed E-state index contributed by atoms with van der Waals surface area (Å²) in [6.45, 7) is 2.06. The number of imide groups is 1. The molecule has 4 aliphatic rings. The minimum absolute atomic E-state index is 0.0216. The van der Waals surface area contributed by atoms with E-state index in [9.17, 15) is 33.6 Å². The highest BCUT2D eigenvalue weighted by Crippen LogP contribution is 2.37. The quantitative estimate of drug-likeness (QED) is 0.0465. The fourth-order valence-corrected chi connectivity index (χ4v) is 9.16. The van der Waals surface area contributed by atoms with E-state index < -0.39 is 36.0 Å². The summed E-state index contributed by atoms with van der Waals surface area (Å²) in [5.74, 6) is -2.29. The van der Waals surface area contributed by atoms with Gasteiger partial charge in [0.25, 0.3) is 11.8 Å². The zero-order chi connectivity index (χ0) is 52.1. The van der Waals surface area contributed by atoms with Gasteiger partial charge in [-0.2, -0.15) is 0 Å². The van der Waals surface area contributed by atoms with Gasteiger partial charge in [0, 0.05) is 54.0 Å². The number of amides is 6. The lowest BCUT2D eigenvalue weighted by atomic mass is 9.99. The third-order valence-electron chi connectivity index (χ3n) is 13.0. The van der Waals surface area contributed by atoms with Gasteiger partial charge in [0.15, 0.2) is 12.1 Å². The highest BCUT2D eigenvalue weighted by molar-refractivity contribution is 6.07. The maximum absolute atomic E-state index is 13.7. The summed E-state index contributed by atoms with van der Waals surface area (Å²) in [5.41, 5.74) is 7.25. The van der Waals surface area contributed by atoms with Crippen molar-refractivity contribution in [1.82, 2.24) is 20.4 Å². The SMILES string of the molecule is O=C(CN1Cc2ccccc2[C@@H]2OC(c3ccccc3)=N[C@@H]2C1=O)NCCOCCOCc1ccc(-c2ccc(C(=O)OCCOCCOCC(=O)Nc3cccc4c3CN(C3CCC(=O)NC3=O)C4=O)cc2)cc1. The Hall–Kier alpha value is -8.10. The topological polar surface area (TPSA) is 230 Å². The molecule has 0 radical (unpaired) electrons. The summed E-state index contributed by atoms with van der Waals surface area (Å²) in [5, 5.41) is 7.90. The molecule has 19 nitrogen and oxygen atoms in total. The monoisotopic (exact) mass is 1020 g/mol. The van der Waals surface area contributed by atoms with E-state index in [1.54, 1.807) is 30.3 Å². The zero-order valence-electron chi connectivity index (χ0n) is 41.0.